The summed E-state index contributed by atoms with van der Waals surface area (Å²) in [5.41, 5.74) is 3.51. The highest BCUT2D eigenvalue weighted by Crippen LogP contribution is 2.15. The second-order valence-corrected chi connectivity index (χ2v) is 7.50. The van der Waals surface area contributed by atoms with Crippen LogP contribution in [0.1, 0.15) is 24.0 Å². The van der Waals surface area contributed by atoms with Crippen LogP contribution in [-0.2, 0) is 22.5 Å². The van der Waals surface area contributed by atoms with E-state index in [4.69, 9.17) is 9.47 Å². The van der Waals surface area contributed by atoms with E-state index in [0.29, 0.717) is 31.2 Å². The van der Waals surface area contributed by atoms with Gasteiger partial charge in [0.2, 0.25) is 5.90 Å². The van der Waals surface area contributed by atoms with Crippen molar-refractivity contribution >= 4 is 11.6 Å². The standard InChI is InChI=1S/C28H23FN2O2/c29-25-13-7-12-23(14-16-25)15-17-26-20-27(33-21-24-10-5-2-6-11-24)28(31-30-26)32-19-18-22-8-3-1-4-9-22/h2-3,5-14,27H,16,18-21H2. The van der Waals surface area contributed by atoms with Gasteiger partial charge < -0.3 is 9.47 Å². The third-order valence-electron chi connectivity index (χ3n) is 5.00. The zero-order valence-corrected chi connectivity index (χ0v) is 18.1. The van der Waals surface area contributed by atoms with E-state index in [9.17, 15) is 4.39 Å². The number of hydrogen-bond donors (Lipinski definition) is 0. The highest BCUT2D eigenvalue weighted by atomic mass is 19.1. The second kappa shape index (κ2) is 11.6. The van der Waals surface area contributed by atoms with Crippen molar-refractivity contribution < 1.29 is 13.9 Å². The Kier molecular flexibility index (Phi) is 7.84. The molecule has 0 spiro atoms. The number of halogens is 1. The Balaban J connectivity index is 1.43. The van der Waals surface area contributed by atoms with Crippen molar-refractivity contribution in [3.63, 3.8) is 0 Å². The SMILES string of the molecule is FC1=CC=CC(C#CC2=NN=C(OCCc3cc#ccc3)C(OCc3ccccc3)C2)=CC1. The summed E-state index contributed by atoms with van der Waals surface area (Å²) in [6.45, 7) is 0.881. The molecule has 1 unspecified atom stereocenters. The van der Waals surface area contributed by atoms with Crippen molar-refractivity contribution in [3.05, 3.63) is 107 Å². The van der Waals surface area contributed by atoms with Crippen LogP contribution in [0.5, 0.6) is 0 Å². The van der Waals surface area contributed by atoms with E-state index in [1.54, 1.807) is 18.2 Å². The van der Waals surface area contributed by atoms with Crippen LogP contribution in [0.15, 0.2) is 94.4 Å². The van der Waals surface area contributed by atoms with Gasteiger partial charge in [-0.15, -0.1) is 10.2 Å². The smallest absolute Gasteiger partial charge is 0.238 e. The summed E-state index contributed by atoms with van der Waals surface area (Å²) >= 11 is 0. The van der Waals surface area contributed by atoms with Gasteiger partial charge in [0.15, 0.2) is 0 Å². The molecule has 0 amide bonds. The van der Waals surface area contributed by atoms with Crippen LogP contribution in [0.25, 0.3) is 0 Å². The zero-order chi connectivity index (χ0) is 22.7. The van der Waals surface area contributed by atoms with Crippen LogP contribution < -0.4 is 0 Å². The number of nitrogens with zero attached hydrogens (tertiary/aromatic N) is 2. The minimum Gasteiger partial charge on any atom is -0.477 e. The Morgan fingerprint density at radius 1 is 1.06 bits per heavy atom. The fourth-order valence-electron chi connectivity index (χ4n) is 3.22. The van der Waals surface area contributed by atoms with E-state index in [2.05, 4.69) is 34.2 Å². The minimum atomic E-state index is -0.388. The Morgan fingerprint density at radius 2 is 1.97 bits per heavy atom. The third kappa shape index (κ3) is 7.04. The van der Waals surface area contributed by atoms with E-state index in [-0.39, 0.29) is 18.4 Å². The minimum absolute atomic E-state index is 0.189. The molecule has 1 atom stereocenters. The van der Waals surface area contributed by atoms with Crippen molar-refractivity contribution in [2.75, 3.05) is 6.61 Å². The molecule has 2 aromatic rings. The predicted octanol–water partition coefficient (Wildman–Crippen LogP) is 5.33. The molecule has 0 radical (unpaired) electrons. The molecule has 0 N–H and O–H groups in total. The summed E-state index contributed by atoms with van der Waals surface area (Å²) in [6, 6.07) is 21.5. The molecule has 0 fully saturated rings. The molecule has 4 nitrogen and oxygen atoms in total. The molecule has 2 aromatic carbocycles. The third-order valence-corrected chi connectivity index (χ3v) is 5.00. The molecule has 0 bridgehead atoms. The summed E-state index contributed by atoms with van der Waals surface area (Å²) in [7, 11) is 0. The Bertz CT molecular complexity index is 1150. The Morgan fingerprint density at radius 3 is 2.82 bits per heavy atom. The van der Waals surface area contributed by atoms with Gasteiger partial charge in [-0.3, -0.25) is 0 Å². The van der Waals surface area contributed by atoms with Crippen molar-refractivity contribution in [1.29, 1.82) is 0 Å². The molecule has 0 aromatic heterocycles. The first-order chi connectivity index (χ1) is 16.3. The molecule has 164 valence electrons. The summed E-state index contributed by atoms with van der Waals surface area (Å²) in [5, 5.41) is 8.50. The average molecular weight is 439 g/mol. The van der Waals surface area contributed by atoms with Gasteiger partial charge in [0.1, 0.15) is 17.6 Å². The van der Waals surface area contributed by atoms with E-state index in [1.165, 1.54) is 6.08 Å². The lowest BCUT2D eigenvalue weighted by atomic mass is 10.1. The highest BCUT2D eigenvalue weighted by Gasteiger charge is 2.24. The lowest BCUT2D eigenvalue weighted by Crippen LogP contribution is -2.32. The van der Waals surface area contributed by atoms with Gasteiger partial charge in [0.25, 0.3) is 0 Å². The lowest BCUT2D eigenvalue weighted by molar-refractivity contribution is 0.0685. The zero-order valence-electron chi connectivity index (χ0n) is 18.1. The molecule has 0 saturated carbocycles. The molecular weight excluding hydrogens is 415 g/mol. The fourth-order valence-corrected chi connectivity index (χ4v) is 3.22. The Labute approximate surface area is 193 Å². The van der Waals surface area contributed by atoms with Gasteiger partial charge >= 0.3 is 0 Å². The maximum Gasteiger partial charge on any atom is 0.238 e. The van der Waals surface area contributed by atoms with Gasteiger partial charge in [-0.25, -0.2) is 4.39 Å². The van der Waals surface area contributed by atoms with E-state index in [0.717, 1.165) is 23.1 Å². The topological polar surface area (TPSA) is 43.2 Å². The molecule has 1 aliphatic heterocycles. The maximum atomic E-state index is 13.4. The van der Waals surface area contributed by atoms with Gasteiger partial charge in [-0.1, -0.05) is 60.5 Å². The number of allylic oxidation sites excluding steroid dienone is 6. The van der Waals surface area contributed by atoms with Crippen LogP contribution in [0.4, 0.5) is 4.39 Å². The summed E-state index contributed by atoms with van der Waals surface area (Å²) in [6.07, 6.45) is 7.66. The quantitative estimate of drug-likeness (QED) is 0.572. The second-order valence-electron chi connectivity index (χ2n) is 7.50. The first-order valence-electron chi connectivity index (χ1n) is 10.8. The maximum absolute atomic E-state index is 13.4. The fraction of sp³-hybridized carbons (Fsp3) is 0.214. The molecular formula is C28H23FN2O2. The lowest BCUT2D eigenvalue weighted by Gasteiger charge is -2.21. The summed E-state index contributed by atoms with van der Waals surface area (Å²) < 4.78 is 25.5. The van der Waals surface area contributed by atoms with Gasteiger partial charge in [0, 0.05) is 24.8 Å². The van der Waals surface area contributed by atoms with Crippen LogP contribution in [0.3, 0.4) is 0 Å². The number of hydrogen-bond acceptors (Lipinski definition) is 4. The molecule has 1 heterocycles. The van der Waals surface area contributed by atoms with Crippen LogP contribution in [0, 0.1) is 24.0 Å². The normalized spacial score (nSPS) is 17.3. The summed E-state index contributed by atoms with van der Waals surface area (Å²) in [4.78, 5) is 0. The molecule has 33 heavy (non-hydrogen) atoms. The predicted molar refractivity (Wildman–Crippen MR) is 127 cm³/mol. The number of benzene rings is 1. The van der Waals surface area contributed by atoms with Gasteiger partial charge in [-0.05, 0) is 47.4 Å². The highest BCUT2D eigenvalue weighted by molar-refractivity contribution is 6.05. The van der Waals surface area contributed by atoms with Crippen molar-refractivity contribution in [2.24, 2.45) is 10.2 Å². The largest absolute Gasteiger partial charge is 0.477 e. The van der Waals surface area contributed by atoms with E-state index < -0.39 is 0 Å². The first kappa shape index (κ1) is 22.3. The van der Waals surface area contributed by atoms with E-state index >= 15 is 0 Å². The Hall–Kier alpha value is -3.93. The molecule has 5 heteroatoms. The van der Waals surface area contributed by atoms with Gasteiger partial charge in [0.05, 0.1) is 13.2 Å². The molecule has 1 aliphatic carbocycles. The number of ether oxygens (including phenoxy) is 2. The summed E-state index contributed by atoms with van der Waals surface area (Å²) in [5.74, 6) is 6.35. The van der Waals surface area contributed by atoms with Crippen molar-refractivity contribution in [3.8, 4) is 11.8 Å². The first-order valence-corrected chi connectivity index (χ1v) is 10.8. The van der Waals surface area contributed by atoms with Crippen LogP contribution in [0.2, 0.25) is 0 Å². The molecule has 2 aliphatic rings. The van der Waals surface area contributed by atoms with Crippen molar-refractivity contribution in [1.82, 2.24) is 0 Å². The van der Waals surface area contributed by atoms with Gasteiger partial charge in [-0.2, -0.15) is 0 Å². The van der Waals surface area contributed by atoms with Crippen molar-refractivity contribution in [2.45, 2.75) is 32.0 Å². The average Bonchev–Trinajstić information content (AvgIpc) is 3.07. The number of rotatable bonds is 6. The molecule has 4 rings (SSSR count). The van der Waals surface area contributed by atoms with Crippen LogP contribution in [-0.4, -0.2) is 24.3 Å². The van der Waals surface area contributed by atoms with Crippen LogP contribution >= 0.6 is 0 Å². The van der Waals surface area contributed by atoms with E-state index in [1.807, 2.05) is 48.5 Å². The molecule has 0 saturated heterocycles. The monoisotopic (exact) mass is 438 g/mol.